The minimum absolute atomic E-state index is 0.0668. The van der Waals surface area contributed by atoms with Gasteiger partial charge in [-0.25, -0.2) is 8.78 Å². The second-order valence-corrected chi connectivity index (χ2v) is 4.75. The molecule has 0 N–H and O–H groups in total. The summed E-state index contributed by atoms with van der Waals surface area (Å²) in [5.74, 6) is -1.74. The number of alkyl halides is 1. The van der Waals surface area contributed by atoms with Crippen molar-refractivity contribution in [1.82, 2.24) is 0 Å². The minimum Gasteiger partial charge on any atom is -0.485 e. The third-order valence-electron chi connectivity index (χ3n) is 2.95. The van der Waals surface area contributed by atoms with Gasteiger partial charge in [0.2, 0.25) is 0 Å². The van der Waals surface area contributed by atoms with Crippen molar-refractivity contribution in [1.29, 1.82) is 0 Å². The van der Waals surface area contributed by atoms with E-state index in [1.54, 1.807) is 0 Å². The molecule has 2 rings (SSSR count). The Morgan fingerprint density at radius 3 is 2.50 bits per heavy atom. The SMILES string of the molecule is CC1CCC(COc2c(F)cc(CCl)cc2F)O1. The smallest absolute Gasteiger partial charge is 0.190 e. The summed E-state index contributed by atoms with van der Waals surface area (Å²) in [5.41, 5.74) is 0.393. The highest BCUT2D eigenvalue weighted by Crippen LogP contribution is 2.26. The van der Waals surface area contributed by atoms with Gasteiger partial charge in [0, 0.05) is 5.88 Å². The predicted molar refractivity (Wildman–Crippen MR) is 65.0 cm³/mol. The lowest BCUT2D eigenvalue weighted by Crippen LogP contribution is -2.18. The first-order valence-corrected chi connectivity index (χ1v) is 6.45. The molecule has 2 unspecified atom stereocenters. The van der Waals surface area contributed by atoms with Gasteiger partial charge in [0.1, 0.15) is 6.61 Å². The Morgan fingerprint density at radius 1 is 1.33 bits per heavy atom. The zero-order valence-electron chi connectivity index (χ0n) is 10.1. The van der Waals surface area contributed by atoms with Crippen LogP contribution < -0.4 is 4.74 Å². The Morgan fingerprint density at radius 2 is 2.00 bits per heavy atom. The number of halogens is 3. The second-order valence-electron chi connectivity index (χ2n) is 4.48. The zero-order valence-corrected chi connectivity index (χ0v) is 10.8. The van der Waals surface area contributed by atoms with E-state index in [1.165, 1.54) is 12.1 Å². The highest BCUT2D eigenvalue weighted by atomic mass is 35.5. The molecule has 1 fully saturated rings. The van der Waals surface area contributed by atoms with E-state index in [-0.39, 0.29) is 30.4 Å². The van der Waals surface area contributed by atoms with E-state index < -0.39 is 11.6 Å². The molecule has 0 aromatic heterocycles. The molecular weight excluding hydrogens is 262 g/mol. The summed E-state index contributed by atoms with van der Waals surface area (Å²) in [7, 11) is 0. The first-order chi connectivity index (χ1) is 8.60. The topological polar surface area (TPSA) is 18.5 Å². The Labute approximate surface area is 110 Å². The molecule has 1 aromatic rings. The van der Waals surface area contributed by atoms with Gasteiger partial charge in [-0.1, -0.05) is 0 Å². The first kappa shape index (κ1) is 13.6. The van der Waals surface area contributed by atoms with Crippen molar-refractivity contribution in [3.63, 3.8) is 0 Å². The van der Waals surface area contributed by atoms with Gasteiger partial charge < -0.3 is 9.47 Å². The molecule has 0 spiro atoms. The van der Waals surface area contributed by atoms with Crippen molar-refractivity contribution in [2.24, 2.45) is 0 Å². The Balaban J connectivity index is 2.01. The molecule has 1 aliphatic heterocycles. The maximum atomic E-state index is 13.6. The molecule has 0 bridgehead atoms. The van der Waals surface area contributed by atoms with Crippen LogP contribution in [0.1, 0.15) is 25.3 Å². The monoisotopic (exact) mass is 276 g/mol. The van der Waals surface area contributed by atoms with E-state index in [1.807, 2.05) is 6.92 Å². The Bertz CT molecular complexity index is 402. The molecule has 0 aliphatic carbocycles. The fourth-order valence-electron chi connectivity index (χ4n) is 2.01. The van der Waals surface area contributed by atoms with Crippen LogP contribution in [-0.4, -0.2) is 18.8 Å². The van der Waals surface area contributed by atoms with E-state index in [0.717, 1.165) is 12.8 Å². The third-order valence-corrected chi connectivity index (χ3v) is 3.25. The van der Waals surface area contributed by atoms with E-state index in [9.17, 15) is 8.78 Å². The van der Waals surface area contributed by atoms with Crippen molar-refractivity contribution in [3.05, 3.63) is 29.3 Å². The van der Waals surface area contributed by atoms with E-state index >= 15 is 0 Å². The normalized spacial score (nSPS) is 23.3. The van der Waals surface area contributed by atoms with Crippen LogP contribution in [0.2, 0.25) is 0 Å². The van der Waals surface area contributed by atoms with Gasteiger partial charge in [0.05, 0.1) is 12.2 Å². The van der Waals surface area contributed by atoms with Gasteiger partial charge in [-0.3, -0.25) is 0 Å². The summed E-state index contributed by atoms with van der Waals surface area (Å²) in [6, 6.07) is 2.37. The Hall–Kier alpha value is -0.870. The number of benzene rings is 1. The first-order valence-electron chi connectivity index (χ1n) is 5.92. The molecule has 18 heavy (non-hydrogen) atoms. The summed E-state index contributed by atoms with van der Waals surface area (Å²) in [4.78, 5) is 0. The number of ether oxygens (including phenoxy) is 2. The lowest BCUT2D eigenvalue weighted by molar-refractivity contribution is 0.0247. The maximum absolute atomic E-state index is 13.6. The average Bonchev–Trinajstić information content (AvgIpc) is 2.73. The second kappa shape index (κ2) is 5.85. The fourth-order valence-corrected chi connectivity index (χ4v) is 2.17. The summed E-state index contributed by atoms with van der Waals surface area (Å²) in [5, 5.41) is 0. The number of rotatable bonds is 4. The average molecular weight is 277 g/mol. The molecular formula is C13H15ClF2O2. The van der Waals surface area contributed by atoms with Gasteiger partial charge in [0.25, 0.3) is 0 Å². The van der Waals surface area contributed by atoms with Crippen molar-refractivity contribution in [3.8, 4) is 5.75 Å². The summed E-state index contributed by atoms with van der Waals surface area (Å²) >= 11 is 5.53. The molecule has 5 heteroatoms. The van der Waals surface area contributed by atoms with E-state index in [0.29, 0.717) is 5.56 Å². The molecule has 2 nitrogen and oxygen atoms in total. The fraction of sp³-hybridized carbons (Fsp3) is 0.538. The molecule has 0 saturated carbocycles. The third kappa shape index (κ3) is 3.12. The molecule has 0 radical (unpaired) electrons. The Kier molecular flexibility index (Phi) is 4.40. The van der Waals surface area contributed by atoms with Crippen molar-refractivity contribution >= 4 is 11.6 Å². The molecule has 1 aromatic carbocycles. The minimum atomic E-state index is -0.725. The van der Waals surface area contributed by atoms with Crippen LogP contribution in [0.15, 0.2) is 12.1 Å². The van der Waals surface area contributed by atoms with Crippen LogP contribution in [0.4, 0.5) is 8.78 Å². The summed E-state index contributed by atoms with van der Waals surface area (Å²) < 4.78 is 37.9. The van der Waals surface area contributed by atoms with Gasteiger partial charge >= 0.3 is 0 Å². The number of hydrogen-bond donors (Lipinski definition) is 0. The van der Waals surface area contributed by atoms with Crippen LogP contribution >= 0.6 is 11.6 Å². The molecule has 1 saturated heterocycles. The number of hydrogen-bond acceptors (Lipinski definition) is 2. The highest BCUT2D eigenvalue weighted by molar-refractivity contribution is 6.17. The van der Waals surface area contributed by atoms with Crippen molar-refractivity contribution < 1.29 is 18.3 Å². The van der Waals surface area contributed by atoms with Gasteiger partial charge in [-0.05, 0) is 37.5 Å². The standard InChI is InChI=1S/C13H15ClF2O2/c1-8-2-3-10(18-8)7-17-13-11(15)4-9(6-14)5-12(13)16/h4-5,8,10H,2-3,6-7H2,1H3. The van der Waals surface area contributed by atoms with E-state index in [2.05, 4.69) is 0 Å². The van der Waals surface area contributed by atoms with Crippen LogP contribution in [0, 0.1) is 11.6 Å². The van der Waals surface area contributed by atoms with Crippen LogP contribution in [0.3, 0.4) is 0 Å². The molecule has 0 amide bonds. The molecule has 100 valence electrons. The zero-order chi connectivity index (χ0) is 13.1. The van der Waals surface area contributed by atoms with Crippen LogP contribution in [0.5, 0.6) is 5.75 Å². The lowest BCUT2D eigenvalue weighted by Gasteiger charge is -2.14. The van der Waals surface area contributed by atoms with Crippen LogP contribution in [0.25, 0.3) is 0 Å². The molecule has 1 heterocycles. The van der Waals surface area contributed by atoms with Gasteiger partial charge in [-0.2, -0.15) is 0 Å². The molecule has 2 atom stereocenters. The predicted octanol–water partition coefficient (Wildman–Crippen LogP) is 3.65. The van der Waals surface area contributed by atoms with Crippen molar-refractivity contribution in [2.45, 2.75) is 37.9 Å². The quantitative estimate of drug-likeness (QED) is 0.782. The van der Waals surface area contributed by atoms with Gasteiger partial charge in [-0.15, -0.1) is 11.6 Å². The van der Waals surface area contributed by atoms with Crippen molar-refractivity contribution in [2.75, 3.05) is 6.61 Å². The van der Waals surface area contributed by atoms with E-state index in [4.69, 9.17) is 21.1 Å². The maximum Gasteiger partial charge on any atom is 0.190 e. The largest absolute Gasteiger partial charge is 0.485 e. The van der Waals surface area contributed by atoms with Crippen LogP contribution in [-0.2, 0) is 10.6 Å². The van der Waals surface area contributed by atoms with Gasteiger partial charge in [0.15, 0.2) is 17.4 Å². The highest BCUT2D eigenvalue weighted by Gasteiger charge is 2.23. The lowest BCUT2D eigenvalue weighted by atomic mass is 10.2. The summed E-state index contributed by atoms with van der Waals surface area (Å²) in [6.07, 6.45) is 1.90. The summed E-state index contributed by atoms with van der Waals surface area (Å²) in [6.45, 7) is 2.13. The molecule has 1 aliphatic rings.